The van der Waals surface area contributed by atoms with Crippen LogP contribution in [0.15, 0.2) is 90.0 Å². The monoisotopic (exact) mass is 440 g/mol. The normalized spacial score (nSPS) is 11.0. The number of nitro groups is 1. The zero-order valence-electron chi connectivity index (χ0n) is 17.6. The second kappa shape index (κ2) is 9.96. The maximum absolute atomic E-state index is 10.8. The van der Waals surface area contributed by atoms with E-state index in [1.165, 1.54) is 12.1 Å². The van der Waals surface area contributed by atoms with E-state index in [-0.39, 0.29) is 11.6 Å². The molecule has 0 amide bonds. The topological polar surface area (TPSA) is 130 Å². The van der Waals surface area contributed by atoms with Gasteiger partial charge in [0.15, 0.2) is 0 Å². The Kier molecular flexibility index (Phi) is 6.45. The van der Waals surface area contributed by atoms with Gasteiger partial charge < -0.3 is 10.6 Å². The fourth-order valence-corrected chi connectivity index (χ4v) is 2.86. The summed E-state index contributed by atoms with van der Waals surface area (Å²) in [7, 11) is 0. The van der Waals surface area contributed by atoms with Crippen molar-refractivity contribution in [3.8, 4) is 0 Å². The minimum absolute atomic E-state index is 0.0187. The van der Waals surface area contributed by atoms with E-state index >= 15 is 0 Å². The Labute approximate surface area is 189 Å². The fraction of sp³-hybridized carbons (Fsp3) is 0.0435. The van der Waals surface area contributed by atoms with E-state index < -0.39 is 4.92 Å². The molecule has 0 atom stereocenters. The van der Waals surface area contributed by atoms with Crippen LogP contribution in [0.2, 0.25) is 0 Å². The summed E-state index contributed by atoms with van der Waals surface area (Å²) < 4.78 is 0. The molecule has 0 fully saturated rings. The summed E-state index contributed by atoms with van der Waals surface area (Å²) >= 11 is 0. The highest BCUT2D eigenvalue weighted by Gasteiger charge is 2.09. The average molecular weight is 440 g/mol. The molecular weight excluding hydrogens is 420 g/mol. The van der Waals surface area contributed by atoms with Crippen LogP contribution in [0.1, 0.15) is 12.5 Å². The Hall–Kier alpha value is -4.86. The number of nitrogens with one attached hydrogen (secondary N) is 3. The highest BCUT2D eigenvalue weighted by molar-refractivity contribution is 5.99. The summed E-state index contributed by atoms with van der Waals surface area (Å²) in [5.74, 6) is 0.892. The Morgan fingerprint density at radius 2 is 1.24 bits per heavy atom. The molecule has 0 saturated carbocycles. The second-order valence-corrected chi connectivity index (χ2v) is 6.90. The summed E-state index contributed by atoms with van der Waals surface area (Å²) in [5, 5.41) is 21.5. The van der Waals surface area contributed by atoms with Gasteiger partial charge in [-0.05, 0) is 48.9 Å². The number of para-hydroxylation sites is 2. The molecule has 0 spiro atoms. The van der Waals surface area contributed by atoms with Crippen LogP contribution in [0.5, 0.6) is 0 Å². The molecule has 3 aromatic carbocycles. The molecule has 0 aliphatic heterocycles. The Morgan fingerprint density at radius 3 is 1.73 bits per heavy atom. The molecule has 0 saturated heterocycles. The number of nitro benzene ring substituents is 1. The average Bonchev–Trinajstić information content (AvgIpc) is 2.84. The van der Waals surface area contributed by atoms with E-state index in [0.29, 0.717) is 17.6 Å². The van der Waals surface area contributed by atoms with E-state index in [1.54, 1.807) is 19.1 Å². The number of nitrogens with zero attached hydrogens (tertiary/aromatic N) is 5. The van der Waals surface area contributed by atoms with Gasteiger partial charge in [0.05, 0.1) is 10.6 Å². The molecule has 1 aromatic heterocycles. The van der Waals surface area contributed by atoms with Gasteiger partial charge in [0, 0.05) is 23.5 Å². The lowest BCUT2D eigenvalue weighted by Crippen LogP contribution is -2.08. The van der Waals surface area contributed by atoms with Crippen molar-refractivity contribution < 1.29 is 4.92 Å². The van der Waals surface area contributed by atoms with Gasteiger partial charge in [0.2, 0.25) is 17.8 Å². The van der Waals surface area contributed by atoms with Crippen LogP contribution in [-0.4, -0.2) is 25.6 Å². The minimum atomic E-state index is -0.443. The van der Waals surface area contributed by atoms with Crippen LogP contribution in [0, 0.1) is 10.1 Å². The molecule has 0 bridgehead atoms. The highest BCUT2D eigenvalue weighted by atomic mass is 16.6. The summed E-state index contributed by atoms with van der Waals surface area (Å²) in [6.45, 7) is 1.78. The molecule has 4 rings (SSSR count). The number of aromatic nitrogens is 3. The highest BCUT2D eigenvalue weighted by Crippen LogP contribution is 2.19. The maximum Gasteiger partial charge on any atom is 0.269 e. The van der Waals surface area contributed by atoms with Crippen molar-refractivity contribution in [3.05, 3.63) is 101 Å². The van der Waals surface area contributed by atoms with E-state index in [9.17, 15) is 10.1 Å². The van der Waals surface area contributed by atoms with E-state index in [4.69, 9.17) is 0 Å². The van der Waals surface area contributed by atoms with Gasteiger partial charge in [-0.15, -0.1) is 0 Å². The molecule has 10 nitrogen and oxygen atoms in total. The SMILES string of the molecule is C/C(=N/Nc1nc(Nc2ccccc2)nc(Nc2ccccc2)n1)c1ccc([N+](=O)[O-])cc1. The van der Waals surface area contributed by atoms with E-state index in [2.05, 4.69) is 36.1 Å². The minimum Gasteiger partial charge on any atom is -0.324 e. The third kappa shape index (κ3) is 5.85. The van der Waals surface area contributed by atoms with E-state index in [1.807, 2.05) is 60.7 Å². The van der Waals surface area contributed by atoms with Gasteiger partial charge in [0.25, 0.3) is 5.69 Å². The largest absolute Gasteiger partial charge is 0.324 e. The molecule has 3 N–H and O–H groups in total. The first kappa shape index (κ1) is 21.4. The summed E-state index contributed by atoms with van der Waals surface area (Å²) in [5.41, 5.74) is 5.85. The van der Waals surface area contributed by atoms with Crippen LogP contribution >= 0.6 is 0 Å². The molecular formula is C23H20N8O2. The third-order valence-corrected chi connectivity index (χ3v) is 4.51. The van der Waals surface area contributed by atoms with Gasteiger partial charge in [-0.2, -0.15) is 20.1 Å². The van der Waals surface area contributed by atoms with Crippen molar-refractivity contribution in [2.75, 3.05) is 16.1 Å². The molecule has 0 aliphatic carbocycles. The zero-order chi connectivity index (χ0) is 23.0. The number of non-ortho nitro benzene ring substituents is 1. The standard InChI is InChI=1S/C23H20N8O2/c1-16(17-12-14-20(15-13-17)31(32)33)29-30-23-27-21(24-18-8-4-2-5-9-18)26-22(28-23)25-19-10-6-3-7-11-19/h2-15H,1H3,(H3,24,25,26,27,28,30)/b29-16-. The van der Waals surface area contributed by atoms with E-state index in [0.717, 1.165) is 16.9 Å². The van der Waals surface area contributed by atoms with Gasteiger partial charge in [-0.1, -0.05) is 36.4 Å². The maximum atomic E-state index is 10.8. The predicted octanol–water partition coefficient (Wildman–Crippen LogP) is 5.10. The summed E-state index contributed by atoms with van der Waals surface area (Å²) in [6, 6.07) is 25.2. The Balaban J connectivity index is 1.58. The molecule has 10 heteroatoms. The van der Waals surface area contributed by atoms with Crippen molar-refractivity contribution in [2.24, 2.45) is 5.10 Å². The Bertz CT molecular complexity index is 1200. The van der Waals surface area contributed by atoms with Crippen LogP contribution < -0.4 is 16.1 Å². The van der Waals surface area contributed by atoms with Gasteiger partial charge in [-0.25, -0.2) is 5.43 Å². The molecule has 1 heterocycles. The molecule has 33 heavy (non-hydrogen) atoms. The van der Waals surface area contributed by atoms with Crippen LogP contribution in [-0.2, 0) is 0 Å². The third-order valence-electron chi connectivity index (χ3n) is 4.51. The lowest BCUT2D eigenvalue weighted by Gasteiger charge is -2.10. The molecule has 0 radical (unpaired) electrons. The lowest BCUT2D eigenvalue weighted by molar-refractivity contribution is -0.384. The number of benzene rings is 3. The van der Waals surface area contributed by atoms with Gasteiger partial charge in [-0.3, -0.25) is 10.1 Å². The van der Waals surface area contributed by atoms with Crippen molar-refractivity contribution >= 4 is 40.6 Å². The number of hydrogen-bond donors (Lipinski definition) is 3. The summed E-state index contributed by atoms with van der Waals surface area (Å²) in [6.07, 6.45) is 0. The molecule has 4 aromatic rings. The Morgan fingerprint density at radius 1 is 0.758 bits per heavy atom. The smallest absolute Gasteiger partial charge is 0.269 e. The van der Waals surface area contributed by atoms with Crippen LogP contribution in [0.3, 0.4) is 0 Å². The fourth-order valence-electron chi connectivity index (χ4n) is 2.86. The zero-order valence-corrected chi connectivity index (χ0v) is 17.6. The van der Waals surface area contributed by atoms with Crippen molar-refractivity contribution in [3.63, 3.8) is 0 Å². The second-order valence-electron chi connectivity index (χ2n) is 6.90. The summed E-state index contributed by atoms with van der Waals surface area (Å²) in [4.78, 5) is 23.6. The van der Waals surface area contributed by atoms with Crippen molar-refractivity contribution in [2.45, 2.75) is 6.92 Å². The first-order valence-electron chi connectivity index (χ1n) is 10.0. The number of anilines is 5. The number of hydrogen-bond acceptors (Lipinski definition) is 9. The molecule has 0 aliphatic rings. The quantitative estimate of drug-likeness (QED) is 0.196. The molecule has 0 unspecified atom stereocenters. The van der Waals surface area contributed by atoms with Gasteiger partial charge >= 0.3 is 0 Å². The van der Waals surface area contributed by atoms with Crippen LogP contribution in [0.25, 0.3) is 0 Å². The van der Waals surface area contributed by atoms with Gasteiger partial charge in [0.1, 0.15) is 0 Å². The predicted molar refractivity (Wildman–Crippen MR) is 128 cm³/mol. The van der Waals surface area contributed by atoms with Crippen molar-refractivity contribution in [1.82, 2.24) is 15.0 Å². The molecule has 164 valence electrons. The number of rotatable bonds is 8. The lowest BCUT2D eigenvalue weighted by atomic mass is 10.1. The first-order chi connectivity index (χ1) is 16.1. The van der Waals surface area contributed by atoms with Crippen LogP contribution in [0.4, 0.5) is 34.9 Å². The van der Waals surface area contributed by atoms with Crippen molar-refractivity contribution in [1.29, 1.82) is 0 Å². The first-order valence-corrected chi connectivity index (χ1v) is 10.0. The number of hydrazone groups is 1.